The third-order valence-electron chi connectivity index (χ3n) is 5.51. The number of hydrogen-bond donors (Lipinski definition) is 2. The lowest BCUT2D eigenvalue weighted by atomic mass is 10.0. The van der Waals surface area contributed by atoms with Gasteiger partial charge in [-0.2, -0.15) is 0 Å². The Labute approximate surface area is 207 Å². The van der Waals surface area contributed by atoms with E-state index in [-0.39, 0.29) is 22.6 Å². The van der Waals surface area contributed by atoms with Crippen LogP contribution < -0.4 is 0 Å². The van der Waals surface area contributed by atoms with Crippen LogP contribution in [0.2, 0.25) is 0 Å². The van der Waals surface area contributed by atoms with Crippen LogP contribution in [0.25, 0.3) is 0 Å². The van der Waals surface area contributed by atoms with Crippen molar-refractivity contribution < 1.29 is 34.1 Å². The Bertz CT molecular complexity index is 1290. The van der Waals surface area contributed by atoms with Crippen LogP contribution in [0.15, 0.2) is 97.1 Å². The van der Waals surface area contributed by atoms with Crippen LogP contribution in [0.4, 0.5) is 4.79 Å². The van der Waals surface area contributed by atoms with E-state index in [0.717, 1.165) is 11.1 Å². The lowest BCUT2D eigenvalue weighted by molar-refractivity contribution is 0.0335. The molecule has 0 aliphatic heterocycles. The molecule has 0 saturated carbocycles. The molecule has 4 aromatic rings. The molecule has 4 aromatic carbocycles. The van der Waals surface area contributed by atoms with Gasteiger partial charge >= 0.3 is 18.1 Å². The first-order valence-corrected chi connectivity index (χ1v) is 11.1. The summed E-state index contributed by atoms with van der Waals surface area (Å²) in [5.41, 5.74) is 2.25. The van der Waals surface area contributed by atoms with Gasteiger partial charge in [0.1, 0.15) is 22.6 Å². The summed E-state index contributed by atoms with van der Waals surface area (Å²) in [7, 11) is 0. The van der Waals surface area contributed by atoms with Crippen LogP contribution in [0.5, 0.6) is 11.5 Å². The maximum Gasteiger partial charge on any atom is 0.524 e. The number of rotatable bonds is 6. The number of aromatic hydroxyl groups is 2. The molecule has 0 aliphatic rings. The molecule has 0 heterocycles. The number of hydrogen-bond acceptors (Lipinski definition) is 7. The second-order valence-electron chi connectivity index (χ2n) is 7.98. The Hall–Kier alpha value is -4.91. The first kappa shape index (κ1) is 24.2. The molecular weight excluding hydrogens is 460 g/mol. The summed E-state index contributed by atoms with van der Waals surface area (Å²) in [4.78, 5) is 37.1. The molecule has 0 fully saturated rings. The number of esters is 2. The molecule has 0 aliphatic carbocycles. The predicted molar refractivity (Wildman–Crippen MR) is 131 cm³/mol. The molecule has 0 bridgehead atoms. The van der Waals surface area contributed by atoms with Crippen LogP contribution in [0, 0.1) is 0 Å². The maximum atomic E-state index is 12.5. The number of carbonyl (C=O) groups is 3. The van der Waals surface area contributed by atoms with Gasteiger partial charge in [-0.3, -0.25) is 0 Å². The average molecular weight is 482 g/mol. The largest absolute Gasteiger partial charge is 0.524 e. The number of phenols is 2. The number of carbonyl (C=O) groups excluding carboxylic acids is 3. The minimum Gasteiger partial charge on any atom is -0.507 e. The van der Waals surface area contributed by atoms with Gasteiger partial charge in [-0.1, -0.05) is 84.9 Å². The maximum absolute atomic E-state index is 12.5. The Morgan fingerprint density at radius 3 is 1.31 bits per heavy atom. The third-order valence-corrected chi connectivity index (χ3v) is 5.51. The van der Waals surface area contributed by atoms with E-state index in [9.17, 15) is 24.6 Å². The fraction of sp³-hybridized carbons (Fsp3) is 0.0690. The fourth-order valence-electron chi connectivity index (χ4n) is 3.71. The number of phenolic OH excluding ortho intramolecular Hbond substituents is 2. The summed E-state index contributed by atoms with van der Waals surface area (Å²) in [6, 6.07) is 27.6. The molecule has 0 spiro atoms. The highest BCUT2D eigenvalue weighted by Gasteiger charge is 2.24. The van der Waals surface area contributed by atoms with Crippen LogP contribution in [0.1, 0.15) is 43.0 Å². The summed E-state index contributed by atoms with van der Waals surface area (Å²) in [5, 5.41) is 21.1. The van der Waals surface area contributed by atoms with Crippen molar-refractivity contribution in [2.45, 2.75) is 12.8 Å². The van der Waals surface area contributed by atoms with E-state index in [1.165, 1.54) is 12.1 Å². The molecule has 2 N–H and O–H groups in total. The van der Waals surface area contributed by atoms with E-state index in [0.29, 0.717) is 24.0 Å². The highest BCUT2D eigenvalue weighted by atomic mass is 16.8. The second-order valence-corrected chi connectivity index (χ2v) is 7.98. The normalized spacial score (nSPS) is 10.4. The van der Waals surface area contributed by atoms with Crippen molar-refractivity contribution in [3.63, 3.8) is 0 Å². The zero-order valence-electron chi connectivity index (χ0n) is 19.1. The minimum atomic E-state index is -1.58. The third kappa shape index (κ3) is 5.77. The summed E-state index contributed by atoms with van der Waals surface area (Å²) in [6.07, 6.45) is -0.865. The number of para-hydroxylation sites is 2. The van der Waals surface area contributed by atoms with E-state index >= 15 is 0 Å². The van der Waals surface area contributed by atoms with Gasteiger partial charge in [0, 0.05) is 12.8 Å². The van der Waals surface area contributed by atoms with Gasteiger partial charge in [0.2, 0.25) is 0 Å². The monoisotopic (exact) mass is 482 g/mol. The number of ether oxygens (including phenoxy) is 2. The molecule has 7 nitrogen and oxygen atoms in total. The molecule has 0 amide bonds. The molecule has 7 heteroatoms. The minimum absolute atomic E-state index is 0.250. The van der Waals surface area contributed by atoms with Crippen molar-refractivity contribution in [3.8, 4) is 11.5 Å². The molecule has 36 heavy (non-hydrogen) atoms. The molecule has 0 atom stereocenters. The van der Waals surface area contributed by atoms with Gasteiger partial charge in [-0.05, 0) is 34.4 Å². The molecule has 0 saturated heterocycles. The molecule has 0 radical (unpaired) electrons. The molecular formula is C29H22O7. The van der Waals surface area contributed by atoms with Crippen molar-refractivity contribution >= 4 is 18.1 Å². The van der Waals surface area contributed by atoms with Crippen LogP contribution >= 0.6 is 0 Å². The molecule has 4 rings (SSSR count). The SMILES string of the molecule is O=C(OC(=O)c1cccc(Cc2ccccc2)c1O)OC(=O)c1cccc(Cc2ccccc2)c1O. The summed E-state index contributed by atoms with van der Waals surface area (Å²) < 4.78 is 9.24. The quantitative estimate of drug-likeness (QED) is 0.279. The van der Waals surface area contributed by atoms with Crippen molar-refractivity contribution in [1.29, 1.82) is 0 Å². The fourth-order valence-corrected chi connectivity index (χ4v) is 3.71. The highest BCUT2D eigenvalue weighted by molar-refractivity contribution is 6.02. The van der Waals surface area contributed by atoms with Gasteiger partial charge in [-0.25, -0.2) is 14.4 Å². The van der Waals surface area contributed by atoms with Crippen LogP contribution in [0.3, 0.4) is 0 Å². The molecule has 0 aromatic heterocycles. The lowest BCUT2D eigenvalue weighted by Crippen LogP contribution is -2.18. The van der Waals surface area contributed by atoms with Crippen LogP contribution in [-0.2, 0) is 22.3 Å². The first-order valence-electron chi connectivity index (χ1n) is 11.1. The Morgan fingerprint density at radius 2 is 0.917 bits per heavy atom. The molecule has 0 unspecified atom stereocenters. The molecule has 180 valence electrons. The van der Waals surface area contributed by atoms with Gasteiger partial charge in [-0.15, -0.1) is 0 Å². The topological polar surface area (TPSA) is 110 Å². The van der Waals surface area contributed by atoms with Gasteiger partial charge in [0.05, 0.1) is 0 Å². The Morgan fingerprint density at radius 1 is 0.528 bits per heavy atom. The first-order chi connectivity index (χ1) is 17.4. The predicted octanol–water partition coefficient (Wildman–Crippen LogP) is 5.41. The summed E-state index contributed by atoms with van der Waals surface area (Å²) in [5.74, 6) is -3.03. The van der Waals surface area contributed by atoms with E-state index in [1.54, 1.807) is 24.3 Å². The van der Waals surface area contributed by atoms with E-state index in [2.05, 4.69) is 9.47 Å². The smallest absolute Gasteiger partial charge is 0.507 e. The highest BCUT2D eigenvalue weighted by Crippen LogP contribution is 2.27. The Balaban J connectivity index is 1.42. The van der Waals surface area contributed by atoms with Crippen molar-refractivity contribution in [2.75, 3.05) is 0 Å². The summed E-state index contributed by atoms with van der Waals surface area (Å²) in [6.45, 7) is 0. The van der Waals surface area contributed by atoms with E-state index in [4.69, 9.17) is 0 Å². The van der Waals surface area contributed by atoms with E-state index in [1.807, 2.05) is 60.7 Å². The average Bonchev–Trinajstić information content (AvgIpc) is 2.87. The standard InChI is InChI=1S/C29H22O7/c30-25-21(17-19-9-3-1-4-10-19)13-7-15-23(25)27(32)35-29(34)36-28(33)24-16-8-14-22(26(24)31)18-20-11-5-2-6-12-20/h1-16,30-31H,17-18H2. The van der Waals surface area contributed by atoms with Gasteiger partial charge < -0.3 is 19.7 Å². The van der Waals surface area contributed by atoms with Gasteiger partial charge in [0.15, 0.2) is 0 Å². The van der Waals surface area contributed by atoms with E-state index < -0.39 is 18.1 Å². The number of benzene rings is 4. The lowest BCUT2D eigenvalue weighted by Gasteiger charge is -2.10. The zero-order chi connectivity index (χ0) is 25.5. The van der Waals surface area contributed by atoms with Crippen LogP contribution in [-0.4, -0.2) is 28.3 Å². The van der Waals surface area contributed by atoms with Gasteiger partial charge in [0.25, 0.3) is 0 Å². The van der Waals surface area contributed by atoms with Crippen molar-refractivity contribution in [2.24, 2.45) is 0 Å². The Kier molecular flexibility index (Phi) is 7.41. The summed E-state index contributed by atoms with van der Waals surface area (Å²) >= 11 is 0. The zero-order valence-corrected chi connectivity index (χ0v) is 19.1. The van der Waals surface area contributed by atoms with Crippen molar-refractivity contribution in [3.05, 3.63) is 130 Å². The van der Waals surface area contributed by atoms with Crippen molar-refractivity contribution in [1.82, 2.24) is 0 Å². The second kappa shape index (κ2) is 11.0.